The van der Waals surface area contributed by atoms with Crippen molar-refractivity contribution in [2.75, 3.05) is 10.5 Å². The molecule has 0 saturated heterocycles. The highest BCUT2D eigenvalue weighted by atomic mass is 79.9. The topological polar surface area (TPSA) is 128 Å². The van der Waals surface area contributed by atoms with Gasteiger partial charge in [0.1, 0.15) is 5.69 Å². The van der Waals surface area contributed by atoms with Crippen LogP contribution in [0, 0.1) is 10.1 Å². The third-order valence-electron chi connectivity index (χ3n) is 2.50. The van der Waals surface area contributed by atoms with E-state index in [0.29, 0.717) is 4.47 Å². The maximum atomic E-state index is 12.2. The summed E-state index contributed by atoms with van der Waals surface area (Å²) in [6.45, 7) is 0. The molecular formula is C11H9BrN4O4S. The van der Waals surface area contributed by atoms with E-state index in [-0.39, 0.29) is 22.1 Å². The van der Waals surface area contributed by atoms with Crippen molar-refractivity contribution in [3.05, 3.63) is 51.1 Å². The van der Waals surface area contributed by atoms with E-state index in [1.54, 1.807) is 12.1 Å². The smallest absolute Gasteiger partial charge is 0.292 e. The number of nitrogen functional groups attached to an aromatic ring is 1. The summed E-state index contributed by atoms with van der Waals surface area (Å²) in [4.78, 5) is 13.7. The quantitative estimate of drug-likeness (QED) is 0.480. The number of rotatable bonds is 4. The summed E-state index contributed by atoms with van der Waals surface area (Å²) in [5.74, 6) is 0.106. The van der Waals surface area contributed by atoms with Gasteiger partial charge in [0.15, 0.2) is 5.82 Å². The van der Waals surface area contributed by atoms with Crippen LogP contribution < -0.4 is 10.5 Å². The van der Waals surface area contributed by atoms with Crippen molar-refractivity contribution in [3.63, 3.8) is 0 Å². The first-order valence-electron chi connectivity index (χ1n) is 5.48. The summed E-state index contributed by atoms with van der Waals surface area (Å²) < 4.78 is 27.1. The Labute approximate surface area is 128 Å². The number of hydrogen-bond donors (Lipinski definition) is 2. The van der Waals surface area contributed by atoms with Crippen LogP contribution in [0.4, 0.5) is 17.2 Å². The predicted octanol–water partition coefficient (Wildman–Crippen LogP) is 2.14. The molecule has 0 aliphatic carbocycles. The van der Waals surface area contributed by atoms with E-state index >= 15 is 0 Å². The number of nitro benzene ring substituents is 1. The van der Waals surface area contributed by atoms with Crippen LogP contribution in [0.25, 0.3) is 0 Å². The highest BCUT2D eigenvalue weighted by Gasteiger charge is 2.20. The molecule has 0 radical (unpaired) electrons. The first-order chi connectivity index (χ1) is 9.81. The number of nitrogens with one attached hydrogen (secondary N) is 1. The Morgan fingerprint density at radius 3 is 2.62 bits per heavy atom. The number of pyridine rings is 1. The van der Waals surface area contributed by atoms with Crippen molar-refractivity contribution in [3.8, 4) is 0 Å². The van der Waals surface area contributed by atoms with Crippen LogP contribution in [0.2, 0.25) is 0 Å². The van der Waals surface area contributed by atoms with Crippen LogP contribution in [-0.4, -0.2) is 18.3 Å². The Bertz CT molecular complexity index is 810. The van der Waals surface area contributed by atoms with Gasteiger partial charge in [-0.15, -0.1) is 0 Å². The molecule has 0 bridgehead atoms. The Hall–Kier alpha value is -2.20. The number of nitro groups is 1. The minimum absolute atomic E-state index is 0.106. The zero-order chi connectivity index (χ0) is 15.6. The van der Waals surface area contributed by atoms with Crippen LogP contribution in [0.15, 0.2) is 45.9 Å². The average Bonchev–Trinajstić information content (AvgIpc) is 2.40. The Balaban J connectivity index is 2.39. The van der Waals surface area contributed by atoms with Gasteiger partial charge in [-0.1, -0.05) is 0 Å². The number of hydrogen-bond acceptors (Lipinski definition) is 6. The number of anilines is 2. The van der Waals surface area contributed by atoms with Crippen LogP contribution in [-0.2, 0) is 10.0 Å². The maximum Gasteiger partial charge on any atom is 0.292 e. The van der Waals surface area contributed by atoms with E-state index in [0.717, 1.165) is 18.2 Å². The Kier molecular flexibility index (Phi) is 4.09. The van der Waals surface area contributed by atoms with Gasteiger partial charge in [-0.05, 0) is 40.2 Å². The van der Waals surface area contributed by atoms with E-state index in [2.05, 4.69) is 25.6 Å². The lowest BCUT2D eigenvalue weighted by Gasteiger charge is -2.09. The molecule has 1 heterocycles. The second-order valence-corrected chi connectivity index (χ2v) is 6.45. The van der Waals surface area contributed by atoms with Gasteiger partial charge < -0.3 is 5.73 Å². The highest BCUT2D eigenvalue weighted by molar-refractivity contribution is 9.10. The van der Waals surface area contributed by atoms with Gasteiger partial charge in [0, 0.05) is 12.3 Å². The summed E-state index contributed by atoms with van der Waals surface area (Å²) in [7, 11) is -3.95. The number of aromatic nitrogens is 1. The molecule has 2 rings (SSSR count). The third kappa shape index (κ3) is 3.28. The summed E-state index contributed by atoms with van der Waals surface area (Å²) >= 11 is 3.16. The molecule has 0 unspecified atom stereocenters. The van der Waals surface area contributed by atoms with Gasteiger partial charge in [-0.25, -0.2) is 13.4 Å². The zero-order valence-corrected chi connectivity index (χ0v) is 12.8. The van der Waals surface area contributed by atoms with E-state index in [4.69, 9.17) is 5.73 Å². The predicted molar refractivity (Wildman–Crippen MR) is 80.3 cm³/mol. The minimum Gasteiger partial charge on any atom is -0.393 e. The fourth-order valence-corrected chi connectivity index (χ4v) is 3.06. The van der Waals surface area contributed by atoms with Crippen molar-refractivity contribution in [2.45, 2.75) is 4.90 Å². The van der Waals surface area contributed by atoms with E-state index < -0.39 is 14.9 Å². The molecule has 3 N–H and O–H groups in total. The van der Waals surface area contributed by atoms with Crippen molar-refractivity contribution in [1.29, 1.82) is 0 Å². The van der Waals surface area contributed by atoms with Gasteiger partial charge in [-0.2, -0.15) is 0 Å². The molecular weight excluding hydrogens is 364 g/mol. The van der Waals surface area contributed by atoms with Crippen LogP contribution in [0.1, 0.15) is 0 Å². The van der Waals surface area contributed by atoms with Crippen molar-refractivity contribution < 1.29 is 13.3 Å². The third-order valence-corrected chi connectivity index (χ3v) is 4.47. The second-order valence-electron chi connectivity index (χ2n) is 3.92. The molecule has 21 heavy (non-hydrogen) atoms. The summed E-state index contributed by atoms with van der Waals surface area (Å²) in [6.07, 6.45) is 1.42. The second kappa shape index (κ2) is 5.66. The largest absolute Gasteiger partial charge is 0.393 e. The zero-order valence-electron chi connectivity index (χ0n) is 10.4. The number of nitrogens with two attached hydrogens (primary N) is 1. The fourth-order valence-electron chi connectivity index (χ4n) is 1.51. The molecule has 0 fully saturated rings. The molecule has 1 aromatic heterocycles. The Morgan fingerprint density at radius 2 is 2.05 bits per heavy atom. The van der Waals surface area contributed by atoms with Gasteiger partial charge in [0.25, 0.3) is 15.7 Å². The number of nitrogens with zero attached hydrogens (tertiary/aromatic N) is 2. The van der Waals surface area contributed by atoms with Gasteiger partial charge in [-0.3, -0.25) is 14.8 Å². The van der Waals surface area contributed by atoms with Gasteiger partial charge in [0.05, 0.1) is 14.3 Å². The SMILES string of the molecule is Nc1cc(S(=O)(=O)Nc2ncccc2Br)ccc1[N+](=O)[O-]. The lowest BCUT2D eigenvalue weighted by Crippen LogP contribution is -2.14. The molecule has 10 heteroatoms. The highest BCUT2D eigenvalue weighted by Crippen LogP contribution is 2.27. The number of sulfonamides is 1. The summed E-state index contributed by atoms with van der Waals surface area (Å²) in [6, 6.07) is 6.42. The minimum atomic E-state index is -3.95. The molecule has 0 spiro atoms. The lowest BCUT2D eigenvalue weighted by molar-refractivity contribution is -0.383. The average molecular weight is 373 g/mol. The molecule has 0 aliphatic rings. The van der Waals surface area contributed by atoms with Crippen molar-refractivity contribution in [1.82, 2.24) is 4.98 Å². The molecule has 0 amide bonds. The Morgan fingerprint density at radius 1 is 1.33 bits per heavy atom. The first kappa shape index (κ1) is 15.2. The van der Waals surface area contributed by atoms with Crippen molar-refractivity contribution >= 4 is 43.1 Å². The monoisotopic (exact) mass is 372 g/mol. The molecule has 0 aliphatic heterocycles. The van der Waals surface area contributed by atoms with Gasteiger partial charge in [0.2, 0.25) is 0 Å². The summed E-state index contributed by atoms with van der Waals surface area (Å²) in [5, 5.41) is 10.7. The molecule has 2 aromatic rings. The number of halogens is 1. The lowest BCUT2D eigenvalue weighted by atomic mass is 10.3. The van der Waals surface area contributed by atoms with Crippen LogP contribution in [0.3, 0.4) is 0 Å². The molecule has 110 valence electrons. The van der Waals surface area contributed by atoms with E-state index in [9.17, 15) is 18.5 Å². The maximum absolute atomic E-state index is 12.2. The van der Waals surface area contributed by atoms with E-state index in [1.807, 2.05) is 0 Å². The number of benzene rings is 1. The summed E-state index contributed by atoms with van der Waals surface area (Å²) in [5.41, 5.74) is 4.90. The van der Waals surface area contributed by atoms with Gasteiger partial charge >= 0.3 is 0 Å². The van der Waals surface area contributed by atoms with E-state index in [1.165, 1.54) is 6.20 Å². The van der Waals surface area contributed by atoms with Crippen LogP contribution >= 0.6 is 15.9 Å². The molecule has 0 saturated carbocycles. The standard InChI is InChI=1S/C11H9BrN4O4S/c12-8-2-1-5-14-11(8)15-21(19,20)7-3-4-10(16(17)18)9(13)6-7/h1-6H,13H2,(H,14,15). The first-order valence-corrected chi connectivity index (χ1v) is 7.76. The molecule has 1 aromatic carbocycles. The molecule has 8 nitrogen and oxygen atoms in total. The normalized spacial score (nSPS) is 11.1. The fraction of sp³-hybridized carbons (Fsp3) is 0. The van der Waals surface area contributed by atoms with Crippen LogP contribution in [0.5, 0.6) is 0 Å². The molecule has 0 atom stereocenters. The van der Waals surface area contributed by atoms with Crippen molar-refractivity contribution in [2.24, 2.45) is 0 Å².